The quantitative estimate of drug-likeness (QED) is 0.711. The summed E-state index contributed by atoms with van der Waals surface area (Å²) in [7, 11) is 1.70. The van der Waals surface area contributed by atoms with E-state index in [4.69, 9.17) is 21.1 Å². The number of benzene rings is 1. The maximum absolute atomic E-state index is 6.27. The fourth-order valence-corrected chi connectivity index (χ4v) is 2.73. The minimum Gasteiger partial charge on any atom is -0.491 e. The van der Waals surface area contributed by atoms with Crippen LogP contribution < -0.4 is 10.1 Å². The van der Waals surface area contributed by atoms with Crippen molar-refractivity contribution >= 4 is 11.6 Å². The van der Waals surface area contributed by atoms with E-state index in [1.165, 1.54) is 25.9 Å². The van der Waals surface area contributed by atoms with Gasteiger partial charge in [0, 0.05) is 26.7 Å². The SMILES string of the molecule is COCCNCc1ccc(OCCN2CCCC2)c(Cl)c1. The Morgan fingerprint density at radius 2 is 2.05 bits per heavy atom. The van der Waals surface area contributed by atoms with E-state index in [1.807, 2.05) is 12.1 Å². The number of nitrogens with one attached hydrogen (secondary N) is 1. The van der Waals surface area contributed by atoms with E-state index in [-0.39, 0.29) is 0 Å². The monoisotopic (exact) mass is 312 g/mol. The molecule has 1 aromatic rings. The lowest BCUT2D eigenvalue weighted by molar-refractivity contribution is 0.199. The van der Waals surface area contributed by atoms with Gasteiger partial charge in [-0.25, -0.2) is 0 Å². The molecule has 1 heterocycles. The van der Waals surface area contributed by atoms with E-state index in [0.717, 1.165) is 30.9 Å². The van der Waals surface area contributed by atoms with Crippen LogP contribution >= 0.6 is 11.6 Å². The molecule has 0 saturated carbocycles. The molecule has 4 nitrogen and oxygen atoms in total. The molecule has 0 amide bonds. The predicted molar refractivity (Wildman–Crippen MR) is 86.2 cm³/mol. The van der Waals surface area contributed by atoms with Gasteiger partial charge in [-0.15, -0.1) is 0 Å². The van der Waals surface area contributed by atoms with Crippen LogP contribution in [0.4, 0.5) is 0 Å². The summed E-state index contributed by atoms with van der Waals surface area (Å²) in [5.41, 5.74) is 1.16. The van der Waals surface area contributed by atoms with Crippen LogP contribution in [0.3, 0.4) is 0 Å². The molecule has 1 aliphatic heterocycles. The van der Waals surface area contributed by atoms with Crippen LogP contribution in [0.15, 0.2) is 18.2 Å². The van der Waals surface area contributed by atoms with Gasteiger partial charge >= 0.3 is 0 Å². The van der Waals surface area contributed by atoms with Crippen molar-refractivity contribution in [3.8, 4) is 5.75 Å². The van der Waals surface area contributed by atoms with E-state index in [0.29, 0.717) is 18.2 Å². The first-order chi connectivity index (χ1) is 10.3. The van der Waals surface area contributed by atoms with Crippen LogP contribution in [0.1, 0.15) is 18.4 Å². The van der Waals surface area contributed by atoms with Gasteiger partial charge in [0.05, 0.1) is 11.6 Å². The highest BCUT2D eigenvalue weighted by molar-refractivity contribution is 6.32. The predicted octanol–water partition coefficient (Wildman–Crippen LogP) is 2.55. The van der Waals surface area contributed by atoms with E-state index < -0.39 is 0 Å². The minimum atomic E-state index is 0.683. The first kappa shape index (κ1) is 16.6. The molecule has 0 unspecified atom stereocenters. The summed E-state index contributed by atoms with van der Waals surface area (Å²) in [6.07, 6.45) is 2.62. The molecule has 21 heavy (non-hydrogen) atoms. The Morgan fingerprint density at radius 1 is 1.24 bits per heavy atom. The third-order valence-electron chi connectivity index (χ3n) is 3.67. The largest absolute Gasteiger partial charge is 0.491 e. The minimum absolute atomic E-state index is 0.683. The van der Waals surface area contributed by atoms with Crippen molar-refractivity contribution < 1.29 is 9.47 Å². The van der Waals surface area contributed by atoms with Crippen molar-refractivity contribution in [1.29, 1.82) is 0 Å². The van der Waals surface area contributed by atoms with Crippen LogP contribution in [0.2, 0.25) is 5.02 Å². The van der Waals surface area contributed by atoms with Crippen molar-refractivity contribution in [1.82, 2.24) is 10.2 Å². The molecule has 0 radical (unpaired) electrons. The summed E-state index contributed by atoms with van der Waals surface area (Å²) in [4.78, 5) is 2.43. The Morgan fingerprint density at radius 3 is 2.76 bits per heavy atom. The number of nitrogens with zero attached hydrogens (tertiary/aromatic N) is 1. The zero-order valence-electron chi connectivity index (χ0n) is 12.7. The Balaban J connectivity index is 1.73. The summed E-state index contributed by atoms with van der Waals surface area (Å²) in [5.74, 6) is 0.775. The van der Waals surface area contributed by atoms with E-state index in [2.05, 4.69) is 16.3 Å². The standard InChI is InChI=1S/C16H25ClN2O2/c1-20-10-6-18-13-14-4-5-16(15(17)12-14)21-11-9-19-7-2-3-8-19/h4-5,12,18H,2-3,6-11,13H2,1H3. The molecule has 0 aromatic heterocycles. The Kier molecular flexibility index (Phi) is 7.30. The van der Waals surface area contributed by atoms with Crippen molar-refractivity contribution in [3.63, 3.8) is 0 Å². The Bertz CT molecular complexity index is 423. The van der Waals surface area contributed by atoms with Gasteiger partial charge in [0.25, 0.3) is 0 Å². The molecular formula is C16H25ClN2O2. The third kappa shape index (κ3) is 5.83. The lowest BCUT2D eigenvalue weighted by Crippen LogP contribution is -2.25. The number of hydrogen-bond acceptors (Lipinski definition) is 4. The third-order valence-corrected chi connectivity index (χ3v) is 3.97. The molecule has 1 aliphatic rings. The van der Waals surface area contributed by atoms with Crippen LogP contribution in [0, 0.1) is 0 Å². The maximum atomic E-state index is 6.27. The van der Waals surface area contributed by atoms with Crippen molar-refractivity contribution in [2.45, 2.75) is 19.4 Å². The number of rotatable bonds is 9. The second-order valence-corrected chi connectivity index (χ2v) is 5.74. The fraction of sp³-hybridized carbons (Fsp3) is 0.625. The first-order valence-electron chi connectivity index (χ1n) is 7.63. The number of hydrogen-bond donors (Lipinski definition) is 1. The molecule has 1 aromatic carbocycles. The van der Waals surface area contributed by atoms with Crippen molar-refractivity contribution in [2.24, 2.45) is 0 Å². The van der Waals surface area contributed by atoms with Gasteiger partial charge in [-0.3, -0.25) is 4.90 Å². The molecule has 0 spiro atoms. The van der Waals surface area contributed by atoms with Crippen LogP contribution in [-0.4, -0.2) is 51.4 Å². The molecule has 1 saturated heterocycles. The Labute approximate surface area is 132 Å². The topological polar surface area (TPSA) is 33.7 Å². The van der Waals surface area contributed by atoms with Crippen LogP contribution in [-0.2, 0) is 11.3 Å². The molecule has 118 valence electrons. The number of methoxy groups -OCH3 is 1. The molecule has 2 rings (SSSR count). The molecule has 1 fully saturated rings. The summed E-state index contributed by atoms with van der Waals surface area (Å²) in [6, 6.07) is 5.98. The van der Waals surface area contributed by atoms with Crippen molar-refractivity contribution in [2.75, 3.05) is 46.5 Å². The molecule has 0 atom stereocenters. The zero-order valence-corrected chi connectivity index (χ0v) is 13.5. The molecule has 0 aliphatic carbocycles. The van der Waals surface area contributed by atoms with E-state index in [1.54, 1.807) is 7.11 Å². The smallest absolute Gasteiger partial charge is 0.137 e. The maximum Gasteiger partial charge on any atom is 0.137 e. The van der Waals surface area contributed by atoms with Gasteiger partial charge in [0.1, 0.15) is 12.4 Å². The second-order valence-electron chi connectivity index (χ2n) is 5.33. The lowest BCUT2D eigenvalue weighted by atomic mass is 10.2. The summed E-state index contributed by atoms with van der Waals surface area (Å²) in [5, 5.41) is 3.98. The number of ether oxygens (including phenoxy) is 2. The molecular weight excluding hydrogens is 288 g/mol. The second kappa shape index (κ2) is 9.26. The molecule has 1 N–H and O–H groups in total. The normalized spacial score (nSPS) is 15.5. The van der Waals surface area contributed by atoms with Gasteiger partial charge in [-0.05, 0) is 43.6 Å². The highest BCUT2D eigenvalue weighted by atomic mass is 35.5. The van der Waals surface area contributed by atoms with Crippen LogP contribution in [0.25, 0.3) is 0 Å². The Hall–Kier alpha value is -0.810. The van der Waals surface area contributed by atoms with Crippen LogP contribution in [0.5, 0.6) is 5.75 Å². The molecule has 5 heteroatoms. The van der Waals surface area contributed by atoms with E-state index >= 15 is 0 Å². The average Bonchev–Trinajstić information content (AvgIpc) is 2.99. The van der Waals surface area contributed by atoms with Crippen molar-refractivity contribution in [3.05, 3.63) is 28.8 Å². The van der Waals surface area contributed by atoms with Gasteiger partial charge in [-0.1, -0.05) is 17.7 Å². The van der Waals surface area contributed by atoms with Gasteiger partial charge in [0.2, 0.25) is 0 Å². The van der Waals surface area contributed by atoms with E-state index in [9.17, 15) is 0 Å². The highest BCUT2D eigenvalue weighted by Crippen LogP contribution is 2.25. The zero-order chi connectivity index (χ0) is 14.9. The highest BCUT2D eigenvalue weighted by Gasteiger charge is 2.11. The molecule has 0 bridgehead atoms. The first-order valence-corrected chi connectivity index (χ1v) is 8.00. The van der Waals surface area contributed by atoms with Gasteiger partial charge in [-0.2, -0.15) is 0 Å². The summed E-state index contributed by atoms with van der Waals surface area (Å²) < 4.78 is 10.8. The summed E-state index contributed by atoms with van der Waals surface area (Å²) in [6.45, 7) is 6.42. The van der Waals surface area contributed by atoms with Gasteiger partial charge < -0.3 is 14.8 Å². The lowest BCUT2D eigenvalue weighted by Gasteiger charge is -2.15. The fourth-order valence-electron chi connectivity index (χ4n) is 2.47. The average molecular weight is 313 g/mol. The van der Waals surface area contributed by atoms with Gasteiger partial charge in [0.15, 0.2) is 0 Å². The summed E-state index contributed by atoms with van der Waals surface area (Å²) >= 11 is 6.27. The number of likely N-dealkylation sites (tertiary alicyclic amines) is 1. The number of halogens is 1.